The van der Waals surface area contributed by atoms with E-state index < -0.39 is 0 Å². The smallest absolute Gasteiger partial charge is 0.312 e. The van der Waals surface area contributed by atoms with Crippen LogP contribution < -0.4 is 23.7 Å². The molecule has 0 bridgehead atoms. The summed E-state index contributed by atoms with van der Waals surface area (Å²) in [6.07, 6.45) is 2.28. The number of fused-ring (bicyclic) bond motifs is 2. The average Bonchev–Trinajstić information content (AvgIpc) is 2.71. The van der Waals surface area contributed by atoms with Gasteiger partial charge >= 0.3 is 5.97 Å². The van der Waals surface area contributed by atoms with Crippen LogP contribution in [0.15, 0.2) is 35.9 Å². The zero-order valence-electron chi connectivity index (χ0n) is 15.4. The fourth-order valence-corrected chi connectivity index (χ4v) is 3.65. The van der Waals surface area contributed by atoms with Crippen LogP contribution in [-0.2, 0) is 4.79 Å². The normalized spacial score (nSPS) is 17.7. The van der Waals surface area contributed by atoms with Gasteiger partial charge in [0, 0.05) is 23.1 Å². The quantitative estimate of drug-likeness (QED) is 0.607. The molecule has 0 fully saturated rings. The first-order valence-corrected chi connectivity index (χ1v) is 8.62. The number of carbonyl (C=O) groups is 1. The van der Waals surface area contributed by atoms with E-state index in [0.717, 1.165) is 22.4 Å². The minimum atomic E-state index is -0.304. The van der Waals surface area contributed by atoms with Crippen molar-refractivity contribution < 1.29 is 28.5 Å². The summed E-state index contributed by atoms with van der Waals surface area (Å²) in [6, 6.07) is 9.48. The van der Waals surface area contributed by atoms with Crippen LogP contribution in [0.2, 0.25) is 0 Å². The van der Waals surface area contributed by atoms with E-state index in [1.54, 1.807) is 20.3 Å². The van der Waals surface area contributed by atoms with Gasteiger partial charge in [-0.25, -0.2) is 0 Å². The summed E-state index contributed by atoms with van der Waals surface area (Å²) in [5.74, 6) is 2.14. The Bertz CT molecular complexity index is 931. The third-order valence-electron chi connectivity index (χ3n) is 4.88. The summed E-state index contributed by atoms with van der Waals surface area (Å²) < 4.78 is 27.9. The molecule has 2 aromatic carbocycles. The average molecular weight is 368 g/mol. The van der Waals surface area contributed by atoms with Crippen molar-refractivity contribution in [2.75, 3.05) is 27.9 Å². The highest BCUT2D eigenvalue weighted by atomic mass is 16.5. The number of rotatable bonds is 4. The largest absolute Gasteiger partial charge is 0.493 e. The molecule has 1 unspecified atom stereocenters. The van der Waals surface area contributed by atoms with Crippen LogP contribution in [0.4, 0.5) is 0 Å². The molecular formula is C21H20O6. The molecule has 4 rings (SSSR count). The van der Waals surface area contributed by atoms with E-state index in [0.29, 0.717) is 29.6 Å². The summed E-state index contributed by atoms with van der Waals surface area (Å²) in [4.78, 5) is 12.3. The van der Waals surface area contributed by atoms with Gasteiger partial charge in [0.2, 0.25) is 5.75 Å². The third kappa shape index (κ3) is 2.87. The van der Waals surface area contributed by atoms with Crippen molar-refractivity contribution >= 4 is 12.0 Å². The van der Waals surface area contributed by atoms with Gasteiger partial charge in [-0.05, 0) is 17.7 Å². The Labute approximate surface area is 157 Å². The van der Waals surface area contributed by atoms with Gasteiger partial charge in [0.25, 0.3) is 0 Å². The second kappa shape index (κ2) is 6.87. The molecule has 0 amide bonds. The van der Waals surface area contributed by atoms with Crippen molar-refractivity contribution in [2.45, 2.75) is 12.3 Å². The predicted molar refractivity (Wildman–Crippen MR) is 99.0 cm³/mol. The van der Waals surface area contributed by atoms with Crippen LogP contribution in [0, 0.1) is 0 Å². The number of methoxy groups -OCH3 is 3. The number of benzene rings is 2. The van der Waals surface area contributed by atoms with Crippen molar-refractivity contribution in [3.05, 3.63) is 47.0 Å². The Morgan fingerprint density at radius 2 is 1.78 bits per heavy atom. The maximum Gasteiger partial charge on any atom is 0.312 e. The highest BCUT2D eigenvalue weighted by molar-refractivity contribution is 5.81. The minimum Gasteiger partial charge on any atom is -0.493 e. The monoisotopic (exact) mass is 368 g/mol. The molecule has 0 saturated carbocycles. The lowest BCUT2D eigenvalue weighted by molar-refractivity contribution is -0.135. The molecule has 0 aromatic heterocycles. The molecule has 0 radical (unpaired) electrons. The molecule has 6 heteroatoms. The van der Waals surface area contributed by atoms with Crippen LogP contribution >= 0.6 is 0 Å². The summed E-state index contributed by atoms with van der Waals surface area (Å²) in [5.41, 5.74) is 2.74. The van der Waals surface area contributed by atoms with Crippen LogP contribution in [0.5, 0.6) is 28.7 Å². The molecular weight excluding hydrogens is 348 g/mol. The number of hydrogen-bond donors (Lipinski definition) is 0. The Balaban J connectivity index is 1.88. The SMILES string of the molecule is COc1cc2c(c(OC)c1OC)C(C1=Cc3ccccc3OC1)CC(=O)O2. The lowest BCUT2D eigenvalue weighted by Gasteiger charge is -2.31. The first-order valence-electron chi connectivity index (χ1n) is 8.62. The molecule has 27 heavy (non-hydrogen) atoms. The second-order valence-corrected chi connectivity index (χ2v) is 6.33. The number of carbonyl (C=O) groups excluding carboxylic acids is 1. The molecule has 6 nitrogen and oxygen atoms in total. The highest BCUT2D eigenvalue weighted by Crippen LogP contribution is 2.53. The van der Waals surface area contributed by atoms with Gasteiger partial charge in [-0.15, -0.1) is 0 Å². The fraction of sp³-hybridized carbons (Fsp3) is 0.286. The van der Waals surface area contributed by atoms with Gasteiger partial charge < -0.3 is 23.7 Å². The molecule has 2 heterocycles. The van der Waals surface area contributed by atoms with Gasteiger partial charge in [0.05, 0.1) is 27.8 Å². The molecule has 2 aliphatic rings. The summed E-state index contributed by atoms with van der Waals surface area (Å²) in [6.45, 7) is 0.395. The maximum absolute atomic E-state index is 12.3. The van der Waals surface area contributed by atoms with Crippen molar-refractivity contribution in [3.63, 3.8) is 0 Å². The third-order valence-corrected chi connectivity index (χ3v) is 4.88. The summed E-state index contributed by atoms with van der Waals surface area (Å²) >= 11 is 0. The topological polar surface area (TPSA) is 63.2 Å². The van der Waals surface area contributed by atoms with E-state index in [4.69, 9.17) is 23.7 Å². The van der Waals surface area contributed by atoms with Gasteiger partial charge in [-0.2, -0.15) is 0 Å². The van der Waals surface area contributed by atoms with E-state index in [2.05, 4.69) is 6.08 Å². The van der Waals surface area contributed by atoms with Crippen molar-refractivity contribution in [2.24, 2.45) is 0 Å². The summed E-state index contributed by atoms with van der Waals surface area (Å²) in [7, 11) is 4.64. The Kier molecular flexibility index (Phi) is 4.39. The highest BCUT2D eigenvalue weighted by Gasteiger charge is 2.37. The maximum atomic E-state index is 12.3. The first-order chi connectivity index (χ1) is 13.2. The molecule has 2 aliphatic heterocycles. The molecule has 140 valence electrons. The summed E-state index contributed by atoms with van der Waals surface area (Å²) in [5, 5.41) is 0. The van der Waals surface area contributed by atoms with E-state index in [1.165, 1.54) is 7.11 Å². The Morgan fingerprint density at radius 1 is 1.00 bits per heavy atom. The molecule has 1 atom stereocenters. The number of hydrogen-bond acceptors (Lipinski definition) is 6. The number of esters is 1. The lowest BCUT2D eigenvalue weighted by atomic mass is 9.83. The van der Waals surface area contributed by atoms with E-state index in [9.17, 15) is 4.79 Å². The van der Waals surface area contributed by atoms with Crippen molar-refractivity contribution in [1.82, 2.24) is 0 Å². The van der Waals surface area contributed by atoms with E-state index in [-0.39, 0.29) is 18.3 Å². The van der Waals surface area contributed by atoms with Gasteiger partial charge in [-0.1, -0.05) is 18.2 Å². The van der Waals surface area contributed by atoms with Crippen molar-refractivity contribution in [3.8, 4) is 28.7 Å². The number of ether oxygens (including phenoxy) is 5. The standard InChI is InChI=1S/C21H20O6/c1-23-17-10-16-19(21(25-3)20(17)24-2)14(9-18(22)27-16)13-8-12-6-4-5-7-15(12)26-11-13/h4-8,10,14H,9,11H2,1-3H3. The lowest BCUT2D eigenvalue weighted by Crippen LogP contribution is -2.25. The van der Waals surface area contributed by atoms with Crippen LogP contribution in [-0.4, -0.2) is 33.9 Å². The fourth-order valence-electron chi connectivity index (χ4n) is 3.65. The van der Waals surface area contributed by atoms with Crippen LogP contribution in [0.25, 0.3) is 6.08 Å². The van der Waals surface area contributed by atoms with Gasteiger partial charge in [0.1, 0.15) is 18.1 Å². The molecule has 0 spiro atoms. The molecule has 0 N–H and O–H groups in total. The zero-order chi connectivity index (χ0) is 19.0. The Morgan fingerprint density at radius 3 is 2.52 bits per heavy atom. The molecule has 0 aliphatic carbocycles. The Hall–Kier alpha value is -3.15. The van der Waals surface area contributed by atoms with Crippen LogP contribution in [0.1, 0.15) is 23.5 Å². The molecule has 2 aromatic rings. The second-order valence-electron chi connectivity index (χ2n) is 6.33. The van der Waals surface area contributed by atoms with E-state index >= 15 is 0 Å². The number of para-hydroxylation sites is 1. The predicted octanol–water partition coefficient (Wildman–Crippen LogP) is 3.58. The van der Waals surface area contributed by atoms with Crippen LogP contribution in [0.3, 0.4) is 0 Å². The van der Waals surface area contributed by atoms with E-state index in [1.807, 2.05) is 24.3 Å². The van der Waals surface area contributed by atoms with Gasteiger partial charge in [-0.3, -0.25) is 4.79 Å². The van der Waals surface area contributed by atoms with Gasteiger partial charge in [0.15, 0.2) is 11.5 Å². The molecule has 0 saturated heterocycles. The first kappa shape index (κ1) is 17.3. The minimum absolute atomic E-state index is 0.205. The van der Waals surface area contributed by atoms with Crippen molar-refractivity contribution in [1.29, 1.82) is 0 Å². The zero-order valence-corrected chi connectivity index (χ0v) is 15.4.